The minimum atomic E-state index is 0.634. The predicted molar refractivity (Wildman–Crippen MR) is 59.7 cm³/mol. The first-order chi connectivity index (χ1) is 7.35. The van der Waals surface area contributed by atoms with E-state index >= 15 is 0 Å². The lowest BCUT2D eigenvalue weighted by atomic mass is 10.1. The summed E-state index contributed by atoms with van der Waals surface area (Å²) in [6.07, 6.45) is 4.13. The van der Waals surface area contributed by atoms with Crippen molar-refractivity contribution in [1.82, 2.24) is 15.0 Å². The number of anilines is 1. The molecule has 1 fully saturated rings. The van der Waals surface area contributed by atoms with Crippen LogP contribution in [-0.4, -0.2) is 34.6 Å². The molecule has 0 radical (unpaired) electrons. The van der Waals surface area contributed by atoms with Crippen molar-refractivity contribution in [3.8, 4) is 0 Å². The van der Waals surface area contributed by atoms with Gasteiger partial charge in [0.1, 0.15) is 5.82 Å². The second-order valence-corrected chi connectivity index (χ2v) is 4.15. The van der Waals surface area contributed by atoms with Gasteiger partial charge in [-0.25, -0.2) is 4.68 Å². The second-order valence-electron chi connectivity index (χ2n) is 4.15. The average molecular weight is 209 g/mol. The van der Waals surface area contributed by atoms with Gasteiger partial charge in [0, 0.05) is 19.6 Å². The average Bonchev–Trinajstić information content (AvgIpc) is 2.85. The lowest BCUT2D eigenvalue weighted by molar-refractivity contribution is 0.569. The molecule has 1 aromatic rings. The maximum atomic E-state index is 5.68. The van der Waals surface area contributed by atoms with Gasteiger partial charge in [0.25, 0.3) is 0 Å². The van der Waals surface area contributed by atoms with E-state index in [2.05, 4.69) is 22.1 Å². The predicted octanol–water partition coefficient (Wildman–Crippen LogP) is 0.473. The molecule has 2 N–H and O–H groups in total. The zero-order chi connectivity index (χ0) is 10.7. The smallest absolute Gasteiger partial charge is 0.147 e. The van der Waals surface area contributed by atoms with Crippen molar-refractivity contribution < 1.29 is 0 Å². The van der Waals surface area contributed by atoms with E-state index in [1.165, 1.54) is 6.42 Å². The van der Waals surface area contributed by atoms with E-state index in [4.69, 9.17) is 5.73 Å². The molecule has 1 saturated heterocycles. The van der Waals surface area contributed by atoms with Crippen molar-refractivity contribution in [2.24, 2.45) is 11.7 Å². The fourth-order valence-corrected chi connectivity index (χ4v) is 2.10. The van der Waals surface area contributed by atoms with Crippen LogP contribution in [0.2, 0.25) is 0 Å². The van der Waals surface area contributed by atoms with Crippen LogP contribution >= 0.6 is 0 Å². The highest BCUT2D eigenvalue weighted by molar-refractivity contribution is 5.37. The Bertz CT molecular complexity index is 309. The number of rotatable bonds is 4. The molecule has 0 aliphatic carbocycles. The number of hydrogen-bond donors (Lipinski definition) is 1. The molecule has 1 aromatic heterocycles. The van der Waals surface area contributed by atoms with Crippen LogP contribution in [0.1, 0.15) is 19.8 Å². The molecule has 1 aliphatic heterocycles. The van der Waals surface area contributed by atoms with E-state index in [-0.39, 0.29) is 0 Å². The van der Waals surface area contributed by atoms with Gasteiger partial charge >= 0.3 is 0 Å². The van der Waals surface area contributed by atoms with E-state index in [1.807, 2.05) is 10.9 Å². The Labute approximate surface area is 90.2 Å². The van der Waals surface area contributed by atoms with Gasteiger partial charge in [-0.3, -0.25) is 0 Å². The van der Waals surface area contributed by atoms with Gasteiger partial charge < -0.3 is 10.6 Å². The topological polar surface area (TPSA) is 60.0 Å². The maximum Gasteiger partial charge on any atom is 0.147 e. The normalized spacial score (nSPS) is 21.2. The fraction of sp³-hybridized carbons (Fsp3) is 0.800. The number of nitrogens with two attached hydrogens (primary N) is 1. The van der Waals surface area contributed by atoms with Crippen molar-refractivity contribution in [3.05, 3.63) is 6.20 Å². The van der Waals surface area contributed by atoms with Crippen LogP contribution in [0.5, 0.6) is 0 Å². The molecule has 2 heterocycles. The first-order valence-electron chi connectivity index (χ1n) is 5.68. The highest BCUT2D eigenvalue weighted by Crippen LogP contribution is 2.22. The van der Waals surface area contributed by atoms with Crippen LogP contribution in [-0.2, 0) is 6.54 Å². The van der Waals surface area contributed by atoms with Gasteiger partial charge in [-0.2, -0.15) is 0 Å². The summed E-state index contributed by atoms with van der Waals surface area (Å²) in [5.41, 5.74) is 5.68. The largest absolute Gasteiger partial charge is 0.355 e. The van der Waals surface area contributed by atoms with E-state index in [9.17, 15) is 0 Å². The van der Waals surface area contributed by atoms with Gasteiger partial charge in [0.15, 0.2) is 0 Å². The summed E-state index contributed by atoms with van der Waals surface area (Å²) >= 11 is 0. The Hall–Kier alpha value is -1.10. The molecule has 15 heavy (non-hydrogen) atoms. The Morgan fingerprint density at radius 1 is 1.60 bits per heavy atom. The van der Waals surface area contributed by atoms with Crippen molar-refractivity contribution in [1.29, 1.82) is 0 Å². The van der Waals surface area contributed by atoms with E-state index < -0.39 is 0 Å². The molecule has 0 aromatic carbocycles. The van der Waals surface area contributed by atoms with Gasteiger partial charge in [0.05, 0.1) is 6.20 Å². The Morgan fingerprint density at radius 3 is 3.13 bits per heavy atom. The van der Waals surface area contributed by atoms with Crippen LogP contribution < -0.4 is 10.6 Å². The van der Waals surface area contributed by atoms with Gasteiger partial charge in [0.2, 0.25) is 0 Å². The van der Waals surface area contributed by atoms with Crippen molar-refractivity contribution in [2.45, 2.75) is 26.3 Å². The monoisotopic (exact) mass is 209 g/mol. The first-order valence-corrected chi connectivity index (χ1v) is 5.68. The molecule has 5 nitrogen and oxygen atoms in total. The van der Waals surface area contributed by atoms with Gasteiger partial charge in [-0.1, -0.05) is 12.1 Å². The lowest BCUT2D eigenvalue weighted by Gasteiger charge is -2.18. The standard InChI is InChI=1S/C10H19N5/c1-2-4-15-10(7-12-13-15)14-5-3-9(6-11)8-14/h7,9H,2-6,8,11H2,1H3. The lowest BCUT2D eigenvalue weighted by Crippen LogP contribution is -2.25. The molecule has 1 unspecified atom stereocenters. The van der Waals surface area contributed by atoms with Crippen LogP contribution in [0.4, 0.5) is 5.82 Å². The summed E-state index contributed by atoms with van der Waals surface area (Å²) in [6, 6.07) is 0. The molecular weight excluding hydrogens is 190 g/mol. The summed E-state index contributed by atoms with van der Waals surface area (Å²) in [5.74, 6) is 1.78. The molecular formula is C10H19N5. The quantitative estimate of drug-likeness (QED) is 0.783. The molecule has 0 bridgehead atoms. The Balaban J connectivity index is 2.06. The third-order valence-electron chi connectivity index (χ3n) is 2.98. The Kier molecular flexibility index (Phi) is 3.20. The summed E-state index contributed by atoms with van der Waals surface area (Å²) < 4.78 is 1.99. The highest BCUT2D eigenvalue weighted by Gasteiger charge is 2.23. The highest BCUT2D eigenvalue weighted by atomic mass is 15.5. The number of hydrogen-bond acceptors (Lipinski definition) is 4. The third kappa shape index (κ3) is 2.12. The first kappa shape index (κ1) is 10.4. The summed E-state index contributed by atoms with van der Waals surface area (Å²) in [4.78, 5) is 2.34. The van der Waals surface area contributed by atoms with Crippen LogP contribution in [0, 0.1) is 5.92 Å². The van der Waals surface area contributed by atoms with Crippen LogP contribution in [0.25, 0.3) is 0 Å². The molecule has 0 spiro atoms. The molecule has 84 valence electrons. The van der Waals surface area contributed by atoms with Gasteiger partial charge in [-0.15, -0.1) is 5.10 Å². The summed E-state index contributed by atoms with van der Waals surface area (Å²) in [5, 5.41) is 8.07. The number of nitrogens with zero attached hydrogens (tertiary/aromatic N) is 4. The second kappa shape index (κ2) is 4.61. The van der Waals surface area contributed by atoms with Crippen molar-refractivity contribution >= 4 is 5.82 Å². The molecule has 1 atom stereocenters. The number of aryl methyl sites for hydroxylation is 1. The number of aromatic nitrogens is 3. The molecule has 0 amide bonds. The SMILES string of the molecule is CCCn1nncc1N1CCC(CN)C1. The zero-order valence-electron chi connectivity index (χ0n) is 9.26. The molecule has 5 heteroatoms. The van der Waals surface area contributed by atoms with Crippen LogP contribution in [0.15, 0.2) is 6.20 Å². The Morgan fingerprint density at radius 2 is 2.47 bits per heavy atom. The van der Waals surface area contributed by atoms with E-state index in [0.717, 1.165) is 38.4 Å². The fourth-order valence-electron chi connectivity index (χ4n) is 2.10. The van der Waals surface area contributed by atoms with Gasteiger partial charge in [-0.05, 0) is 25.3 Å². The van der Waals surface area contributed by atoms with Crippen molar-refractivity contribution in [2.75, 3.05) is 24.5 Å². The van der Waals surface area contributed by atoms with E-state index in [0.29, 0.717) is 5.92 Å². The molecule has 0 saturated carbocycles. The summed E-state index contributed by atoms with van der Waals surface area (Å²) in [7, 11) is 0. The van der Waals surface area contributed by atoms with Crippen LogP contribution in [0.3, 0.4) is 0 Å². The zero-order valence-corrected chi connectivity index (χ0v) is 9.26. The van der Waals surface area contributed by atoms with Crippen molar-refractivity contribution in [3.63, 3.8) is 0 Å². The van der Waals surface area contributed by atoms with E-state index in [1.54, 1.807) is 0 Å². The maximum absolute atomic E-state index is 5.68. The molecule has 1 aliphatic rings. The minimum absolute atomic E-state index is 0.634. The minimum Gasteiger partial charge on any atom is -0.355 e. The third-order valence-corrected chi connectivity index (χ3v) is 2.98. The molecule has 2 rings (SSSR count). The summed E-state index contributed by atoms with van der Waals surface area (Å²) in [6.45, 7) is 6.01.